The minimum Gasteiger partial charge on any atom is -0.444 e. The third-order valence-electron chi connectivity index (χ3n) is 3.13. The number of nitrogens with one attached hydrogen (secondary N) is 1. The van der Waals surface area contributed by atoms with Crippen LogP contribution < -0.4 is 5.32 Å². The number of carbonyl (C=O) groups excluding carboxylic acids is 1. The molecule has 0 saturated carbocycles. The Balaban J connectivity index is 2.46. The first-order valence-electron chi connectivity index (χ1n) is 7.92. The molecular formula is C17H18F3N3O4S. The van der Waals surface area contributed by atoms with E-state index in [1.54, 1.807) is 20.8 Å². The van der Waals surface area contributed by atoms with E-state index >= 15 is 0 Å². The molecule has 11 heteroatoms. The quantitative estimate of drug-likeness (QED) is 0.761. The molecule has 2 aromatic rings. The summed E-state index contributed by atoms with van der Waals surface area (Å²) in [6, 6.07) is 6.38. The molecule has 1 heterocycles. The minimum atomic E-state index is -4.86. The van der Waals surface area contributed by atoms with Crippen molar-refractivity contribution in [3.8, 4) is 11.3 Å². The van der Waals surface area contributed by atoms with Gasteiger partial charge in [-0.15, -0.1) is 0 Å². The zero-order valence-electron chi connectivity index (χ0n) is 15.5. The second-order valence-electron chi connectivity index (χ2n) is 6.90. The molecule has 1 aromatic carbocycles. The lowest BCUT2D eigenvalue weighted by Gasteiger charge is -2.19. The van der Waals surface area contributed by atoms with Crippen molar-refractivity contribution in [3.63, 3.8) is 0 Å². The van der Waals surface area contributed by atoms with Gasteiger partial charge in [0, 0.05) is 17.5 Å². The van der Waals surface area contributed by atoms with Crippen molar-refractivity contribution in [3.05, 3.63) is 36.0 Å². The number of hydrogen-bond donors (Lipinski definition) is 1. The van der Waals surface area contributed by atoms with Crippen LogP contribution in [0.25, 0.3) is 11.3 Å². The molecule has 0 radical (unpaired) electrons. The summed E-state index contributed by atoms with van der Waals surface area (Å²) in [6.45, 7) is 5.03. The highest BCUT2D eigenvalue weighted by atomic mass is 32.2. The van der Waals surface area contributed by atoms with Crippen LogP contribution in [0.1, 0.15) is 26.5 Å². The Morgan fingerprint density at radius 1 is 1.11 bits per heavy atom. The molecule has 0 atom stereocenters. The van der Waals surface area contributed by atoms with Crippen molar-refractivity contribution in [2.45, 2.75) is 37.7 Å². The highest BCUT2D eigenvalue weighted by Crippen LogP contribution is 2.31. The molecule has 0 aliphatic heterocycles. The number of benzene rings is 1. The second kappa shape index (κ2) is 7.38. The van der Waals surface area contributed by atoms with Crippen LogP contribution in [0, 0.1) is 0 Å². The van der Waals surface area contributed by atoms with Gasteiger partial charge in [0.1, 0.15) is 11.3 Å². The van der Waals surface area contributed by atoms with Crippen molar-refractivity contribution in [1.29, 1.82) is 0 Å². The fourth-order valence-electron chi connectivity index (χ4n) is 2.06. The van der Waals surface area contributed by atoms with Gasteiger partial charge in [-0.3, -0.25) is 5.32 Å². The Labute approximate surface area is 159 Å². The minimum absolute atomic E-state index is 0.159. The van der Waals surface area contributed by atoms with Gasteiger partial charge in [-0.1, -0.05) is 12.1 Å². The summed E-state index contributed by atoms with van der Waals surface area (Å²) < 4.78 is 67.8. The molecule has 152 valence electrons. The maximum Gasteiger partial charge on any atom is 0.433 e. The van der Waals surface area contributed by atoms with E-state index in [4.69, 9.17) is 4.74 Å². The summed E-state index contributed by atoms with van der Waals surface area (Å²) in [5, 5.41) is 1.51. The van der Waals surface area contributed by atoms with Gasteiger partial charge < -0.3 is 4.74 Å². The van der Waals surface area contributed by atoms with Crippen LogP contribution in [0.15, 0.2) is 35.5 Å². The predicted molar refractivity (Wildman–Crippen MR) is 95.4 cm³/mol. The molecule has 0 bridgehead atoms. The molecular weight excluding hydrogens is 399 g/mol. The van der Waals surface area contributed by atoms with Crippen LogP contribution in [-0.2, 0) is 20.8 Å². The number of anilines is 1. The molecule has 0 fully saturated rings. The highest BCUT2D eigenvalue weighted by molar-refractivity contribution is 7.90. The third-order valence-corrected chi connectivity index (χ3v) is 3.98. The van der Waals surface area contributed by atoms with Crippen LogP contribution in [0.3, 0.4) is 0 Å². The number of sulfone groups is 1. The topological polar surface area (TPSA) is 98.2 Å². The van der Waals surface area contributed by atoms with Crippen molar-refractivity contribution in [2.24, 2.45) is 0 Å². The van der Waals surface area contributed by atoms with Crippen LogP contribution in [0.4, 0.5) is 23.7 Å². The molecule has 1 aromatic heterocycles. The number of nitrogens with zero attached hydrogens (tertiary/aromatic N) is 2. The Bertz CT molecular complexity index is 999. The van der Waals surface area contributed by atoms with E-state index in [0.29, 0.717) is 12.3 Å². The molecule has 0 unspecified atom stereocenters. The number of carbonyl (C=O) groups is 1. The Hall–Kier alpha value is -2.69. The Kier molecular flexibility index (Phi) is 5.69. The SMILES string of the molecule is CC(C)(C)OC(=O)Nc1cccc(-c2cc(C(F)(F)F)nc(S(C)(=O)=O)n2)c1. The third kappa shape index (κ3) is 5.91. The molecule has 1 N–H and O–H groups in total. The summed E-state index contributed by atoms with van der Waals surface area (Å²) in [6.07, 6.45) is -4.89. The molecule has 1 amide bonds. The van der Waals surface area contributed by atoms with E-state index in [9.17, 15) is 26.4 Å². The summed E-state index contributed by atoms with van der Waals surface area (Å²) >= 11 is 0. The van der Waals surface area contributed by atoms with Crippen LogP contribution in [-0.4, -0.2) is 36.3 Å². The van der Waals surface area contributed by atoms with Crippen molar-refractivity contribution < 1.29 is 31.1 Å². The lowest BCUT2D eigenvalue weighted by atomic mass is 10.1. The van der Waals surface area contributed by atoms with E-state index in [1.807, 2.05) is 0 Å². The van der Waals surface area contributed by atoms with Gasteiger partial charge in [-0.25, -0.2) is 23.2 Å². The van der Waals surface area contributed by atoms with E-state index in [-0.39, 0.29) is 16.9 Å². The summed E-state index contributed by atoms with van der Waals surface area (Å²) in [4.78, 5) is 18.7. The van der Waals surface area contributed by atoms with E-state index in [2.05, 4.69) is 15.3 Å². The Morgan fingerprint density at radius 3 is 2.29 bits per heavy atom. The average Bonchev–Trinajstić information content (AvgIpc) is 2.51. The predicted octanol–water partition coefficient (Wildman–Crippen LogP) is 3.91. The zero-order valence-corrected chi connectivity index (χ0v) is 16.3. The number of alkyl halides is 3. The van der Waals surface area contributed by atoms with E-state index < -0.39 is 38.6 Å². The lowest BCUT2D eigenvalue weighted by molar-refractivity contribution is -0.141. The fraction of sp³-hybridized carbons (Fsp3) is 0.353. The highest BCUT2D eigenvalue weighted by Gasteiger charge is 2.35. The van der Waals surface area contributed by atoms with Gasteiger partial charge in [0.2, 0.25) is 15.0 Å². The maximum absolute atomic E-state index is 13.1. The van der Waals surface area contributed by atoms with Crippen molar-refractivity contribution in [2.75, 3.05) is 11.6 Å². The van der Waals surface area contributed by atoms with Gasteiger partial charge in [0.05, 0.1) is 5.69 Å². The van der Waals surface area contributed by atoms with Crippen LogP contribution >= 0.6 is 0 Å². The molecule has 0 spiro atoms. The molecule has 0 aliphatic carbocycles. The summed E-state index contributed by atoms with van der Waals surface area (Å²) in [5.74, 6) is 0. The monoisotopic (exact) mass is 417 g/mol. The normalized spacial score (nSPS) is 12.5. The second-order valence-corrected chi connectivity index (χ2v) is 8.81. The number of ether oxygens (including phenoxy) is 1. The van der Waals surface area contributed by atoms with Gasteiger partial charge in [0.15, 0.2) is 0 Å². The number of hydrogen-bond acceptors (Lipinski definition) is 6. The zero-order chi connectivity index (χ0) is 21.3. The standard InChI is InChI=1S/C17H18F3N3O4S/c1-16(2,3)27-15(24)21-11-7-5-6-10(8-11)12-9-13(17(18,19)20)23-14(22-12)28(4,25)26/h5-9H,1-4H3,(H,21,24). The summed E-state index contributed by atoms with van der Waals surface area (Å²) in [5.41, 5.74) is -1.98. The first kappa shape index (κ1) is 21.6. The maximum atomic E-state index is 13.1. The number of rotatable bonds is 3. The average molecular weight is 417 g/mol. The van der Waals surface area contributed by atoms with Crippen molar-refractivity contribution >= 4 is 21.6 Å². The Morgan fingerprint density at radius 2 is 1.75 bits per heavy atom. The van der Waals surface area contributed by atoms with E-state index in [1.165, 1.54) is 24.3 Å². The van der Waals surface area contributed by atoms with E-state index in [0.717, 1.165) is 0 Å². The largest absolute Gasteiger partial charge is 0.444 e. The van der Waals surface area contributed by atoms with Gasteiger partial charge in [0.25, 0.3) is 0 Å². The number of aromatic nitrogens is 2. The van der Waals surface area contributed by atoms with Gasteiger partial charge in [-0.05, 0) is 39.0 Å². The molecule has 28 heavy (non-hydrogen) atoms. The number of amides is 1. The fourth-order valence-corrected chi connectivity index (χ4v) is 2.59. The summed E-state index contributed by atoms with van der Waals surface area (Å²) in [7, 11) is -4.08. The molecule has 0 aliphatic rings. The smallest absolute Gasteiger partial charge is 0.433 e. The van der Waals surface area contributed by atoms with Gasteiger partial charge in [-0.2, -0.15) is 13.2 Å². The molecule has 0 saturated heterocycles. The molecule has 2 rings (SSSR count). The van der Waals surface area contributed by atoms with Gasteiger partial charge >= 0.3 is 12.3 Å². The molecule has 7 nitrogen and oxygen atoms in total. The van der Waals surface area contributed by atoms with Crippen LogP contribution in [0.2, 0.25) is 0 Å². The number of halogens is 3. The first-order valence-corrected chi connectivity index (χ1v) is 9.81. The lowest BCUT2D eigenvalue weighted by Crippen LogP contribution is -2.27. The van der Waals surface area contributed by atoms with Crippen LogP contribution in [0.5, 0.6) is 0 Å². The van der Waals surface area contributed by atoms with Crippen molar-refractivity contribution in [1.82, 2.24) is 9.97 Å². The first-order chi connectivity index (χ1) is 12.6.